The Bertz CT molecular complexity index is 2510. The zero-order valence-corrected chi connectivity index (χ0v) is 57.6. The highest BCUT2D eigenvalue weighted by Crippen LogP contribution is 2.44. The van der Waals surface area contributed by atoms with Crippen LogP contribution in [-0.2, 0) is 17.4 Å². The summed E-state index contributed by atoms with van der Waals surface area (Å²) in [5.74, 6) is 1.25. The van der Waals surface area contributed by atoms with Crippen LogP contribution in [0.25, 0.3) is 0 Å². The zero-order valence-electron chi connectivity index (χ0n) is 57.6. The van der Waals surface area contributed by atoms with Crippen LogP contribution in [0, 0.1) is 35.4 Å². The summed E-state index contributed by atoms with van der Waals surface area (Å²) in [6.07, 6.45) is 31.8. The maximum absolute atomic E-state index is 14.8. The van der Waals surface area contributed by atoms with E-state index < -0.39 is 17.6 Å². The number of fused-ring (bicyclic) bond motifs is 2. The Labute approximate surface area is 542 Å². The second-order valence-corrected chi connectivity index (χ2v) is 29.5. The average Bonchev–Trinajstić information content (AvgIpc) is 0.965. The van der Waals surface area contributed by atoms with Crippen molar-refractivity contribution in [2.24, 2.45) is 34.6 Å². The molecule has 8 rings (SSSR count). The molecule has 6 fully saturated rings. The van der Waals surface area contributed by atoms with E-state index in [1.807, 2.05) is 24.7 Å². The van der Waals surface area contributed by atoms with E-state index in [4.69, 9.17) is 4.99 Å². The Morgan fingerprint density at radius 2 is 1.53 bits per heavy atom. The standard InChI is InChI=1S/C73H122F4N12O/c1-12-52(4)67-46-82-66(43-51(2)3)54(6)81-47-68-69(71(90)87-39-20-21-40-87)57(9)89(68)70(60-25-16-17-26-60)55(7)84-72(33-18-19-34-72)50-79-37-36-78-35-32-61(30-28-59-29-31-64(65(74)45-59)73(75,76)77)80-38-42-85(10)48-63(44-58-23-14-13-15-24-58)86(11)49-62-27-22-41-88(62)56(8)53(5)83-67/h29,31-32,35,38,42,45,48-49,51-58,60,66-70,79-84H,12-28,30,33-34,36-37,39-41,43-44,46-47,50H2,1-11H3/t52-,53?,54?,55?,56-,57?,66-,67+,68?,69-,70+/m0/s1. The lowest BCUT2D eigenvalue weighted by atomic mass is 9.74. The van der Waals surface area contributed by atoms with Gasteiger partial charge in [0, 0.05) is 168 Å². The van der Waals surface area contributed by atoms with Crippen molar-refractivity contribution in [2.75, 3.05) is 66.5 Å². The molecule has 90 heavy (non-hydrogen) atoms. The molecule has 508 valence electrons. The normalized spacial score (nSPS) is 30.8. The quantitative estimate of drug-likeness (QED) is 0.119. The molecule has 0 radical (unpaired) electrons. The lowest BCUT2D eigenvalue weighted by molar-refractivity contribution is -0.160. The van der Waals surface area contributed by atoms with E-state index in [-0.39, 0.29) is 59.8 Å². The number of benzene rings is 1. The third-order valence-electron chi connectivity index (χ3n) is 22.4. The number of hydrogen-bond acceptors (Lipinski definition) is 12. The van der Waals surface area contributed by atoms with E-state index in [9.17, 15) is 22.4 Å². The van der Waals surface area contributed by atoms with Crippen LogP contribution in [0.2, 0.25) is 0 Å². The van der Waals surface area contributed by atoms with Crippen molar-refractivity contribution in [1.29, 1.82) is 0 Å². The van der Waals surface area contributed by atoms with Crippen molar-refractivity contribution in [1.82, 2.24) is 56.4 Å². The van der Waals surface area contributed by atoms with Crippen LogP contribution in [0.5, 0.6) is 0 Å². The second-order valence-electron chi connectivity index (χ2n) is 29.5. The fourth-order valence-corrected chi connectivity index (χ4v) is 16.8. The van der Waals surface area contributed by atoms with Gasteiger partial charge < -0.3 is 51.5 Å². The molecule has 4 heterocycles. The number of halogens is 4. The predicted octanol–water partition coefficient (Wildman–Crippen LogP) is 12.9. The van der Waals surface area contributed by atoms with Crippen molar-refractivity contribution in [3.05, 3.63) is 83.1 Å². The molecule has 13 nitrogen and oxygen atoms in total. The van der Waals surface area contributed by atoms with Crippen molar-refractivity contribution in [3.8, 4) is 0 Å². The minimum Gasteiger partial charge on any atom is -0.369 e. The summed E-state index contributed by atoms with van der Waals surface area (Å²) in [5.41, 5.74) is 2.66. The highest BCUT2D eigenvalue weighted by molar-refractivity contribution is 5.82. The van der Waals surface area contributed by atoms with Gasteiger partial charge in [0.05, 0.1) is 18.0 Å². The smallest absolute Gasteiger partial charge is 0.369 e. The monoisotopic (exact) mass is 1260 g/mol. The molecule has 17 heteroatoms. The number of nitrogens with zero attached hydrogens (tertiary/aromatic N) is 6. The molecule has 1 aromatic rings. The van der Waals surface area contributed by atoms with E-state index in [1.54, 1.807) is 0 Å². The molecular weight excluding hydrogens is 1140 g/mol. The molecule has 1 spiro atoms. The summed E-state index contributed by atoms with van der Waals surface area (Å²) in [6.45, 7) is 28.0. The first kappa shape index (κ1) is 71.8. The molecule has 4 aliphatic heterocycles. The molecule has 1 aromatic carbocycles. The molecule has 3 saturated heterocycles. The topological polar surface area (TPSA) is 118 Å². The first-order valence-electron chi connectivity index (χ1n) is 36.0. The molecular formula is C73H122F4N12O. The Kier molecular flexibility index (Phi) is 27.5. The molecule has 6 N–H and O–H groups in total. The Morgan fingerprint density at radius 3 is 2.22 bits per heavy atom. The van der Waals surface area contributed by atoms with E-state index >= 15 is 0 Å². The maximum atomic E-state index is 14.8. The number of carbonyl (C=O) groups is 1. The van der Waals surface area contributed by atoms with Crippen LogP contribution in [0.1, 0.15) is 208 Å². The van der Waals surface area contributed by atoms with Crippen molar-refractivity contribution in [3.63, 3.8) is 0 Å². The lowest BCUT2D eigenvalue weighted by Crippen LogP contribution is -2.76. The third-order valence-corrected chi connectivity index (χ3v) is 22.4. The third kappa shape index (κ3) is 19.8. The molecule has 3 saturated carbocycles. The van der Waals surface area contributed by atoms with E-state index in [0.29, 0.717) is 67.1 Å². The summed E-state index contributed by atoms with van der Waals surface area (Å²) >= 11 is 0. The first-order chi connectivity index (χ1) is 43.1. The van der Waals surface area contributed by atoms with Gasteiger partial charge in [-0.2, -0.15) is 13.2 Å². The molecule has 0 bridgehead atoms. The van der Waals surface area contributed by atoms with Crippen LogP contribution in [0.3, 0.4) is 0 Å². The fraction of sp³-hybridized carbons (Fsp3) is 0.781. The van der Waals surface area contributed by atoms with Gasteiger partial charge in [-0.1, -0.05) is 98.0 Å². The number of hydrogen-bond donors (Lipinski definition) is 6. The summed E-state index contributed by atoms with van der Waals surface area (Å²) in [5, 5.41) is 24.3. The van der Waals surface area contributed by atoms with E-state index in [1.165, 1.54) is 88.1 Å². The number of allylic oxidation sites excluding steroid dienone is 4. The van der Waals surface area contributed by atoms with Crippen LogP contribution in [0.15, 0.2) is 71.2 Å². The van der Waals surface area contributed by atoms with Gasteiger partial charge >= 0.3 is 6.18 Å². The minimum atomic E-state index is -4.75. The predicted molar refractivity (Wildman–Crippen MR) is 363 cm³/mol. The molecule has 7 aliphatic rings. The van der Waals surface area contributed by atoms with Crippen LogP contribution in [-0.4, -0.2) is 163 Å². The number of alkyl halides is 3. The largest absolute Gasteiger partial charge is 0.419 e. The maximum Gasteiger partial charge on any atom is 0.419 e. The number of amides is 1. The first-order valence-corrected chi connectivity index (χ1v) is 36.0. The number of nitrogens with one attached hydrogen (secondary N) is 6. The minimum absolute atomic E-state index is 0.0350. The lowest BCUT2D eigenvalue weighted by Gasteiger charge is -2.60. The van der Waals surface area contributed by atoms with Gasteiger partial charge in [0.25, 0.3) is 0 Å². The number of rotatable bonds is 11. The summed E-state index contributed by atoms with van der Waals surface area (Å²) in [4.78, 5) is 31.8. The SMILES string of the molecule is CC[C@H](C)[C@H]1CN[C@@H](CC(C)C)C(C)NCC2[C@@H](C(=O)N3CCCC3)C(C)N2[C@@H](C2CCCC2)C(C)NC2(CCCC2)CNCCN=CC=C(CCc2ccc(C(F)(F)F)c(F)c2)NC=CN(C)C=C(CC2CCCCC2)N(C)C=C2CCCN2[C@@H](C)C(C)N1. The van der Waals surface area contributed by atoms with Gasteiger partial charge in [-0.3, -0.25) is 14.7 Å². The van der Waals surface area contributed by atoms with Crippen LogP contribution in [0.4, 0.5) is 17.6 Å². The van der Waals surface area contributed by atoms with Gasteiger partial charge in [-0.15, -0.1) is 0 Å². The average molecular weight is 1260 g/mol. The fourth-order valence-electron chi connectivity index (χ4n) is 16.8. The second kappa shape index (κ2) is 34.4. The van der Waals surface area contributed by atoms with E-state index in [0.717, 1.165) is 115 Å². The van der Waals surface area contributed by atoms with Gasteiger partial charge in [0.15, 0.2) is 0 Å². The number of aryl methyl sites for hydroxylation is 1. The molecule has 3 aliphatic carbocycles. The van der Waals surface area contributed by atoms with Gasteiger partial charge in [-0.05, 0) is 159 Å². The van der Waals surface area contributed by atoms with Gasteiger partial charge in [-0.25, -0.2) is 4.39 Å². The Balaban J connectivity index is 1.09. The molecule has 11 atom stereocenters. The Hall–Kier alpha value is -4.00. The van der Waals surface area contributed by atoms with Crippen LogP contribution < -0.4 is 31.9 Å². The summed E-state index contributed by atoms with van der Waals surface area (Å²) < 4.78 is 55.4. The molecule has 0 aromatic heterocycles. The van der Waals surface area contributed by atoms with Crippen LogP contribution >= 0.6 is 0 Å². The van der Waals surface area contributed by atoms with E-state index in [2.05, 4.69) is 145 Å². The highest BCUT2D eigenvalue weighted by Gasteiger charge is 2.56. The highest BCUT2D eigenvalue weighted by atomic mass is 19.4. The molecule has 1 amide bonds. The van der Waals surface area contributed by atoms with Crippen molar-refractivity contribution >= 4 is 12.1 Å². The van der Waals surface area contributed by atoms with Gasteiger partial charge in [0.1, 0.15) is 5.82 Å². The van der Waals surface area contributed by atoms with Crippen molar-refractivity contribution < 1.29 is 22.4 Å². The van der Waals surface area contributed by atoms with Gasteiger partial charge in [0.2, 0.25) is 5.91 Å². The number of aliphatic imine (C=N–C) groups is 1. The Morgan fingerprint density at radius 1 is 0.811 bits per heavy atom. The summed E-state index contributed by atoms with van der Waals surface area (Å²) in [6, 6.07) is 5.30. The van der Waals surface area contributed by atoms with Crippen molar-refractivity contribution in [2.45, 2.75) is 270 Å². The number of likely N-dealkylation sites (tertiary alicyclic amines) is 1. The number of carbonyl (C=O) groups excluding carboxylic acids is 1. The zero-order chi connectivity index (χ0) is 64.5. The molecule has 5 unspecified atom stereocenters. The summed E-state index contributed by atoms with van der Waals surface area (Å²) in [7, 11) is 4.28.